The maximum Gasteiger partial charge on any atom is 0.307 e. The molecule has 0 bridgehead atoms. The molecule has 0 radical (unpaired) electrons. The molecule has 1 N–H and O–H groups in total. The number of carboxylic acids is 1. The first kappa shape index (κ1) is 14.7. The average Bonchev–Trinajstić information content (AvgIpc) is 2.48. The largest absolute Gasteiger partial charge is 0.497 e. The van der Waals surface area contributed by atoms with Crippen molar-refractivity contribution in [2.24, 2.45) is 5.92 Å². The van der Waals surface area contributed by atoms with Gasteiger partial charge in [-0.3, -0.25) is 9.69 Å². The lowest BCUT2D eigenvalue weighted by Crippen LogP contribution is -2.38. The van der Waals surface area contributed by atoms with Crippen LogP contribution in [0.5, 0.6) is 11.5 Å². The van der Waals surface area contributed by atoms with Crippen molar-refractivity contribution < 1.29 is 19.4 Å². The predicted octanol–water partition coefficient (Wildman–Crippen LogP) is 2.00. The van der Waals surface area contributed by atoms with E-state index < -0.39 is 5.97 Å². The molecule has 1 aromatic rings. The standard InChI is InChI=1S/C15H21NO4/c1-19-13-6-5-11(14(8-13)20-2)9-16-7-3-4-12(10-16)15(17)18/h5-6,8,12H,3-4,7,9-10H2,1-2H3,(H,17,18)/t12-/m0/s1. The zero-order chi connectivity index (χ0) is 14.5. The number of ether oxygens (including phenoxy) is 2. The van der Waals surface area contributed by atoms with Crippen molar-refractivity contribution in [3.63, 3.8) is 0 Å². The summed E-state index contributed by atoms with van der Waals surface area (Å²) in [5.41, 5.74) is 1.05. The molecular weight excluding hydrogens is 258 g/mol. The van der Waals surface area contributed by atoms with Crippen LogP contribution in [0.15, 0.2) is 18.2 Å². The molecular formula is C15H21NO4. The molecule has 1 saturated heterocycles. The number of likely N-dealkylation sites (tertiary alicyclic amines) is 1. The van der Waals surface area contributed by atoms with Gasteiger partial charge in [-0.2, -0.15) is 0 Å². The van der Waals surface area contributed by atoms with E-state index >= 15 is 0 Å². The Labute approximate surface area is 119 Å². The van der Waals surface area contributed by atoms with Gasteiger partial charge in [-0.1, -0.05) is 6.07 Å². The lowest BCUT2D eigenvalue weighted by Gasteiger charge is -2.31. The van der Waals surface area contributed by atoms with Crippen molar-refractivity contribution in [1.82, 2.24) is 4.90 Å². The third-order valence-electron chi connectivity index (χ3n) is 3.74. The first-order valence-electron chi connectivity index (χ1n) is 6.80. The highest BCUT2D eigenvalue weighted by molar-refractivity contribution is 5.70. The van der Waals surface area contributed by atoms with Gasteiger partial charge in [0.1, 0.15) is 11.5 Å². The normalized spacial score (nSPS) is 19.6. The minimum Gasteiger partial charge on any atom is -0.497 e. The molecule has 0 aromatic heterocycles. The molecule has 5 heteroatoms. The Kier molecular flexibility index (Phi) is 4.84. The van der Waals surface area contributed by atoms with Crippen molar-refractivity contribution in [2.75, 3.05) is 27.3 Å². The molecule has 1 fully saturated rings. The van der Waals surface area contributed by atoms with Crippen molar-refractivity contribution in [3.8, 4) is 11.5 Å². The van der Waals surface area contributed by atoms with E-state index in [0.717, 1.165) is 36.4 Å². The lowest BCUT2D eigenvalue weighted by molar-refractivity contribution is -0.143. The number of rotatable bonds is 5. The van der Waals surface area contributed by atoms with Gasteiger partial charge < -0.3 is 14.6 Å². The van der Waals surface area contributed by atoms with Gasteiger partial charge in [0.05, 0.1) is 20.1 Å². The van der Waals surface area contributed by atoms with E-state index in [0.29, 0.717) is 13.1 Å². The van der Waals surface area contributed by atoms with Gasteiger partial charge >= 0.3 is 5.97 Å². The summed E-state index contributed by atoms with van der Waals surface area (Å²) < 4.78 is 10.6. The summed E-state index contributed by atoms with van der Waals surface area (Å²) in [5.74, 6) is 0.582. The molecule has 0 saturated carbocycles. The Bertz CT molecular complexity index is 475. The summed E-state index contributed by atoms with van der Waals surface area (Å²) in [6.07, 6.45) is 1.70. The molecule has 1 aliphatic rings. The van der Waals surface area contributed by atoms with Crippen LogP contribution < -0.4 is 9.47 Å². The minimum atomic E-state index is -0.698. The Morgan fingerprint density at radius 1 is 1.40 bits per heavy atom. The van der Waals surface area contributed by atoms with Gasteiger partial charge in [-0.05, 0) is 25.5 Å². The van der Waals surface area contributed by atoms with E-state index in [9.17, 15) is 4.79 Å². The predicted molar refractivity (Wildman–Crippen MR) is 75.2 cm³/mol. The number of hydrogen-bond acceptors (Lipinski definition) is 4. The third-order valence-corrected chi connectivity index (χ3v) is 3.74. The number of hydrogen-bond donors (Lipinski definition) is 1. The number of nitrogens with zero attached hydrogens (tertiary/aromatic N) is 1. The summed E-state index contributed by atoms with van der Waals surface area (Å²) in [7, 11) is 3.26. The lowest BCUT2D eigenvalue weighted by atomic mass is 9.98. The number of carboxylic acid groups (broad SMARTS) is 1. The van der Waals surface area contributed by atoms with Gasteiger partial charge in [-0.25, -0.2) is 0 Å². The van der Waals surface area contributed by atoms with E-state index in [1.54, 1.807) is 14.2 Å². The van der Waals surface area contributed by atoms with Crippen LogP contribution in [-0.2, 0) is 11.3 Å². The van der Waals surface area contributed by atoms with E-state index in [-0.39, 0.29) is 5.92 Å². The summed E-state index contributed by atoms with van der Waals surface area (Å²) in [4.78, 5) is 13.3. The molecule has 110 valence electrons. The highest BCUT2D eigenvalue weighted by atomic mass is 16.5. The van der Waals surface area contributed by atoms with Crippen molar-refractivity contribution in [2.45, 2.75) is 19.4 Å². The second kappa shape index (κ2) is 6.61. The van der Waals surface area contributed by atoms with Gasteiger partial charge in [0, 0.05) is 24.7 Å². The summed E-state index contributed by atoms with van der Waals surface area (Å²) in [5, 5.41) is 9.12. The molecule has 0 spiro atoms. The molecule has 1 aliphatic heterocycles. The summed E-state index contributed by atoms with van der Waals surface area (Å²) in [6.45, 7) is 2.24. The highest BCUT2D eigenvalue weighted by Gasteiger charge is 2.25. The Morgan fingerprint density at radius 3 is 2.85 bits per heavy atom. The molecule has 0 unspecified atom stereocenters. The van der Waals surface area contributed by atoms with Crippen LogP contribution in [-0.4, -0.2) is 43.3 Å². The zero-order valence-electron chi connectivity index (χ0n) is 12.0. The van der Waals surface area contributed by atoms with Crippen LogP contribution in [0.2, 0.25) is 0 Å². The highest BCUT2D eigenvalue weighted by Crippen LogP contribution is 2.27. The number of benzene rings is 1. The molecule has 0 amide bonds. The second-order valence-corrected chi connectivity index (χ2v) is 5.09. The Balaban J connectivity index is 2.07. The quantitative estimate of drug-likeness (QED) is 0.893. The number of aliphatic carboxylic acids is 1. The smallest absolute Gasteiger partial charge is 0.307 e. The zero-order valence-corrected chi connectivity index (χ0v) is 12.0. The number of piperidine rings is 1. The van der Waals surface area contributed by atoms with Crippen LogP contribution in [0, 0.1) is 5.92 Å². The van der Waals surface area contributed by atoms with Gasteiger partial charge in [0.2, 0.25) is 0 Å². The van der Waals surface area contributed by atoms with Gasteiger partial charge in [-0.15, -0.1) is 0 Å². The first-order valence-corrected chi connectivity index (χ1v) is 6.80. The molecule has 0 aliphatic carbocycles. The Morgan fingerprint density at radius 2 is 2.20 bits per heavy atom. The topological polar surface area (TPSA) is 59.0 Å². The third kappa shape index (κ3) is 3.42. The SMILES string of the molecule is COc1ccc(CN2CCC[C@H](C(=O)O)C2)c(OC)c1. The molecule has 1 atom stereocenters. The van der Waals surface area contributed by atoms with Crippen LogP contribution in [0.4, 0.5) is 0 Å². The fourth-order valence-corrected chi connectivity index (χ4v) is 2.62. The van der Waals surface area contributed by atoms with Crippen molar-refractivity contribution in [3.05, 3.63) is 23.8 Å². The van der Waals surface area contributed by atoms with Crippen LogP contribution in [0.25, 0.3) is 0 Å². The molecule has 5 nitrogen and oxygen atoms in total. The first-order chi connectivity index (χ1) is 9.63. The molecule has 2 rings (SSSR count). The average molecular weight is 279 g/mol. The minimum absolute atomic E-state index is 0.256. The monoisotopic (exact) mass is 279 g/mol. The summed E-state index contributed by atoms with van der Waals surface area (Å²) in [6, 6.07) is 5.73. The molecule has 1 aromatic carbocycles. The molecule has 20 heavy (non-hydrogen) atoms. The second-order valence-electron chi connectivity index (χ2n) is 5.09. The van der Waals surface area contributed by atoms with E-state index in [4.69, 9.17) is 14.6 Å². The van der Waals surface area contributed by atoms with E-state index in [1.165, 1.54) is 0 Å². The van der Waals surface area contributed by atoms with Crippen LogP contribution in [0.1, 0.15) is 18.4 Å². The fraction of sp³-hybridized carbons (Fsp3) is 0.533. The number of carbonyl (C=O) groups is 1. The van der Waals surface area contributed by atoms with Crippen LogP contribution in [0.3, 0.4) is 0 Å². The Hall–Kier alpha value is -1.75. The van der Waals surface area contributed by atoms with Gasteiger partial charge in [0.15, 0.2) is 0 Å². The maximum absolute atomic E-state index is 11.1. The maximum atomic E-state index is 11.1. The summed E-state index contributed by atoms with van der Waals surface area (Å²) >= 11 is 0. The van der Waals surface area contributed by atoms with Crippen molar-refractivity contribution in [1.29, 1.82) is 0 Å². The number of methoxy groups -OCH3 is 2. The van der Waals surface area contributed by atoms with Crippen LogP contribution >= 0.6 is 0 Å². The van der Waals surface area contributed by atoms with Crippen molar-refractivity contribution >= 4 is 5.97 Å². The molecule has 1 heterocycles. The fourth-order valence-electron chi connectivity index (χ4n) is 2.62. The van der Waals surface area contributed by atoms with E-state index in [2.05, 4.69) is 4.90 Å². The van der Waals surface area contributed by atoms with E-state index in [1.807, 2.05) is 18.2 Å². The van der Waals surface area contributed by atoms with Gasteiger partial charge in [0.25, 0.3) is 0 Å².